The zero-order chi connectivity index (χ0) is 6.24. The average molecular weight is 115 g/mol. The van der Waals surface area contributed by atoms with Crippen molar-refractivity contribution in [3.8, 4) is 0 Å². The molecule has 3 nitrogen and oxygen atoms in total. The summed E-state index contributed by atoms with van der Waals surface area (Å²) in [5.41, 5.74) is 5.76. The zero-order valence-corrected chi connectivity index (χ0v) is 5.28. The highest BCUT2D eigenvalue weighted by Crippen LogP contribution is 1.73. The molecule has 0 aromatic carbocycles. The molecule has 0 amide bonds. The fourth-order valence-electron chi connectivity index (χ4n) is 0.404. The van der Waals surface area contributed by atoms with Crippen LogP contribution in [0.2, 0.25) is 0 Å². The van der Waals surface area contributed by atoms with Gasteiger partial charge in [0, 0.05) is 13.1 Å². The average Bonchev–Trinajstić information content (AvgIpc) is 1.81. The maximum absolute atomic E-state index is 3.69. The standard InChI is InChI=1S/C5H13N3/c1-6-4-3-5-8-7-2/h7-8H,1,3-5H2,2H3. The number of hydrogen-bond donors (Lipinski definition) is 2. The van der Waals surface area contributed by atoms with E-state index in [-0.39, 0.29) is 0 Å². The Hall–Kier alpha value is -0.410. The summed E-state index contributed by atoms with van der Waals surface area (Å²) < 4.78 is 0. The topological polar surface area (TPSA) is 36.4 Å². The van der Waals surface area contributed by atoms with Gasteiger partial charge in [-0.2, -0.15) is 0 Å². The number of nitrogens with one attached hydrogen (secondary N) is 2. The Morgan fingerprint density at radius 1 is 1.62 bits per heavy atom. The highest BCUT2D eigenvalue weighted by Gasteiger charge is 1.79. The molecule has 0 rings (SSSR count). The summed E-state index contributed by atoms with van der Waals surface area (Å²) in [5, 5.41) is 0. The van der Waals surface area contributed by atoms with Crippen molar-refractivity contribution in [1.82, 2.24) is 10.9 Å². The Morgan fingerprint density at radius 2 is 2.38 bits per heavy atom. The van der Waals surface area contributed by atoms with E-state index in [0.717, 1.165) is 19.5 Å². The lowest BCUT2D eigenvalue weighted by atomic mass is 10.4. The summed E-state index contributed by atoms with van der Waals surface area (Å²) in [5.74, 6) is 0. The van der Waals surface area contributed by atoms with Crippen LogP contribution in [0.25, 0.3) is 0 Å². The van der Waals surface area contributed by atoms with Gasteiger partial charge in [-0.25, -0.2) is 0 Å². The highest BCUT2D eigenvalue weighted by molar-refractivity contribution is 5.22. The molecule has 0 saturated carbocycles. The second-order valence-corrected chi connectivity index (χ2v) is 1.48. The van der Waals surface area contributed by atoms with Crippen LogP contribution in [0.3, 0.4) is 0 Å². The largest absolute Gasteiger partial charge is 0.301 e. The smallest absolute Gasteiger partial charge is 0.0394 e. The van der Waals surface area contributed by atoms with Crippen LogP contribution in [-0.2, 0) is 0 Å². The fourth-order valence-corrected chi connectivity index (χ4v) is 0.404. The summed E-state index contributed by atoms with van der Waals surface area (Å²) >= 11 is 0. The van der Waals surface area contributed by atoms with Crippen LogP contribution >= 0.6 is 0 Å². The maximum atomic E-state index is 3.69. The van der Waals surface area contributed by atoms with Gasteiger partial charge in [-0.1, -0.05) is 0 Å². The molecule has 0 unspecified atom stereocenters. The molecule has 0 atom stereocenters. The molecule has 0 bridgehead atoms. The van der Waals surface area contributed by atoms with Gasteiger partial charge in [-0.05, 0) is 20.2 Å². The van der Waals surface area contributed by atoms with E-state index in [4.69, 9.17) is 0 Å². The summed E-state index contributed by atoms with van der Waals surface area (Å²) in [6.07, 6.45) is 1.05. The Labute approximate surface area is 50.2 Å². The fraction of sp³-hybridized carbons (Fsp3) is 0.800. The van der Waals surface area contributed by atoms with Crippen LogP contribution in [-0.4, -0.2) is 26.9 Å². The Bertz CT molecular complexity index is 53.6. The lowest BCUT2D eigenvalue weighted by Gasteiger charge is -1.97. The summed E-state index contributed by atoms with van der Waals surface area (Å²) in [4.78, 5) is 3.69. The van der Waals surface area contributed by atoms with Gasteiger partial charge in [0.2, 0.25) is 0 Å². The van der Waals surface area contributed by atoms with Crippen LogP contribution < -0.4 is 10.9 Å². The normalized spacial score (nSPS) is 9.12. The Kier molecular flexibility index (Phi) is 6.25. The van der Waals surface area contributed by atoms with E-state index >= 15 is 0 Å². The Balaban J connectivity index is 2.62. The molecule has 0 fully saturated rings. The molecule has 48 valence electrons. The molecule has 0 aromatic heterocycles. The quantitative estimate of drug-likeness (QED) is 0.296. The molecule has 0 aromatic rings. The molecule has 0 aliphatic carbocycles. The van der Waals surface area contributed by atoms with Crippen molar-refractivity contribution < 1.29 is 0 Å². The minimum absolute atomic E-state index is 0.842. The highest BCUT2D eigenvalue weighted by atomic mass is 15.3. The van der Waals surface area contributed by atoms with Gasteiger partial charge in [-0.3, -0.25) is 10.9 Å². The van der Waals surface area contributed by atoms with Crippen molar-refractivity contribution in [3.05, 3.63) is 0 Å². The van der Waals surface area contributed by atoms with Gasteiger partial charge >= 0.3 is 0 Å². The molecule has 0 spiro atoms. The predicted octanol–water partition coefficient (Wildman–Crippen LogP) is -0.199. The van der Waals surface area contributed by atoms with Gasteiger partial charge in [0.15, 0.2) is 0 Å². The third kappa shape index (κ3) is 5.59. The molecule has 0 heterocycles. The van der Waals surface area contributed by atoms with Crippen molar-refractivity contribution in [3.63, 3.8) is 0 Å². The SMILES string of the molecule is C=NCCCNNC. The van der Waals surface area contributed by atoms with E-state index in [1.165, 1.54) is 0 Å². The van der Waals surface area contributed by atoms with Crippen molar-refractivity contribution in [2.24, 2.45) is 4.99 Å². The lowest BCUT2D eigenvalue weighted by Crippen LogP contribution is -2.28. The van der Waals surface area contributed by atoms with Crippen molar-refractivity contribution >= 4 is 6.72 Å². The van der Waals surface area contributed by atoms with E-state index in [2.05, 4.69) is 22.6 Å². The second-order valence-electron chi connectivity index (χ2n) is 1.48. The van der Waals surface area contributed by atoms with Gasteiger partial charge in [0.25, 0.3) is 0 Å². The third-order valence-electron chi connectivity index (χ3n) is 0.795. The summed E-state index contributed by atoms with van der Waals surface area (Å²) in [6.45, 7) is 5.16. The van der Waals surface area contributed by atoms with Gasteiger partial charge in [0.05, 0.1) is 0 Å². The van der Waals surface area contributed by atoms with Gasteiger partial charge in [0.1, 0.15) is 0 Å². The van der Waals surface area contributed by atoms with Crippen LogP contribution in [0, 0.1) is 0 Å². The Morgan fingerprint density at radius 3 is 2.88 bits per heavy atom. The first kappa shape index (κ1) is 7.59. The molecular formula is C5H13N3. The summed E-state index contributed by atoms with van der Waals surface area (Å²) in [6, 6.07) is 0. The monoisotopic (exact) mass is 115 g/mol. The van der Waals surface area contributed by atoms with E-state index in [9.17, 15) is 0 Å². The lowest BCUT2D eigenvalue weighted by molar-refractivity contribution is 0.580. The van der Waals surface area contributed by atoms with Crippen LogP contribution in [0.4, 0.5) is 0 Å². The van der Waals surface area contributed by atoms with Crippen LogP contribution in [0.15, 0.2) is 4.99 Å². The summed E-state index contributed by atoms with van der Waals surface area (Å²) in [7, 11) is 1.85. The second kappa shape index (κ2) is 6.59. The molecular weight excluding hydrogens is 102 g/mol. The molecule has 0 saturated heterocycles. The number of rotatable bonds is 5. The van der Waals surface area contributed by atoms with Gasteiger partial charge < -0.3 is 4.99 Å². The minimum Gasteiger partial charge on any atom is -0.301 e. The number of nitrogens with zero attached hydrogens (tertiary/aromatic N) is 1. The van der Waals surface area contributed by atoms with E-state index in [1.807, 2.05) is 7.05 Å². The van der Waals surface area contributed by atoms with Crippen LogP contribution in [0.5, 0.6) is 0 Å². The minimum atomic E-state index is 0.842. The zero-order valence-electron chi connectivity index (χ0n) is 5.28. The predicted molar refractivity (Wildman–Crippen MR) is 36.1 cm³/mol. The molecule has 0 radical (unpaired) electrons. The molecule has 8 heavy (non-hydrogen) atoms. The van der Waals surface area contributed by atoms with Crippen molar-refractivity contribution in [1.29, 1.82) is 0 Å². The van der Waals surface area contributed by atoms with E-state index in [1.54, 1.807) is 0 Å². The molecule has 0 aliphatic rings. The first-order valence-electron chi connectivity index (χ1n) is 2.74. The van der Waals surface area contributed by atoms with E-state index < -0.39 is 0 Å². The van der Waals surface area contributed by atoms with Crippen molar-refractivity contribution in [2.75, 3.05) is 20.1 Å². The third-order valence-corrected chi connectivity index (χ3v) is 0.795. The maximum Gasteiger partial charge on any atom is 0.0394 e. The van der Waals surface area contributed by atoms with Crippen LogP contribution in [0.1, 0.15) is 6.42 Å². The number of hydrazine groups is 1. The number of aliphatic imine (C=N–C) groups is 1. The number of hydrogen-bond acceptors (Lipinski definition) is 3. The molecule has 3 heteroatoms. The van der Waals surface area contributed by atoms with E-state index in [0.29, 0.717) is 0 Å². The first-order valence-corrected chi connectivity index (χ1v) is 2.74. The van der Waals surface area contributed by atoms with Gasteiger partial charge in [-0.15, -0.1) is 0 Å². The molecule has 2 N–H and O–H groups in total. The van der Waals surface area contributed by atoms with Crippen molar-refractivity contribution in [2.45, 2.75) is 6.42 Å². The first-order chi connectivity index (χ1) is 3.91. The molecule has 0 aliphatic heterocycles.